The van der Waals surface area contributed by atoms with Crippen LogP contribution >= 0.6 is 0 Å². The number of nitrogens with zero attached hydrogens (tertiary/aromatic N) is 2. The summed E-state index contributed by atoms with van der Waals surface area (Å²) in [6.45, 7) is 6.54. The first-order chi connectivity index (χ1) is 8.60. The first-order valence-corrected chi connectivity index (χ1v) is 5.95. The van der Waals surface area contributed by atoms with Gasteiger partial charge in [-0.25, -0.2) is 9.97 Å². The minimum absolute atomic E-state index is 0.490. The Balaban J connectivity index is 2.42. The Hall–Kier alpha value is -2.10. The van der Waals surface area contributed by atoms with E-state index in [9.17, 15) is 0 Å². The normalized spacial score (nSPS) is 10.4. The molecule has 0 saturated heterocycles. The summed E-state index contributed by atoms with van der Waals surface area (Å²) in [6.07, 6.45) is 0. The second-order valence-corrected chi connectivity index (χ2v) is 4.17. The highest BCUT2D eigenvalue weighted by molar-refractivity contribution is 5.60. The maximum absolute atomic E-state index is 5.74. The predicted molar refractivity (Wildman–Crippen MR) is 72.5 cm³/mol. The zero-order chi connectivity index (χ0) is 13.1. The lowest BCUT2D eigenvalue weighted by molar-refractivity contribution is 0.338. The lowest BCUT2D eigenvalue weighted by Crippen LogP contribution is -1.99. The molecule has 0 aliphatic rings. The molecule has 1 aromatic carbocycles. The highest BCUT2D eigenvalue weighted by Crippen LogP contribution is 2.24. The Bertz CT molecular complexity index is 547. The molecular weight excluding hydrogens is 226 g/mol. The van der Waals surface area contributed by atoms with E-state index in [1.54, 1.807) is 6.07 Å². The summed E-state index contributed by atoms with van der Waals surface area (Å²) in [4.78, 5) is 8.64. The standard InChI is InChI=1S/C14H17N3O/c1-4-18-12-6-5-11(7-9(12)2)14-16-10(3)8-13(15)17-14/h5-8H,4H2,1-3H3,(H2,15,16,17). The molecule has 4 nitrogen and oxygen atoms in total. The summed E-state index contributed by atoms with van der Waals surface area (Å²) in [5.41, 5.74) is 8.62. The highest BCUT2D eigenvalue weighted by atomic mass is 16.5. The molecule has 0 fully saturated rings. The molecule has 1 heterocycles. The summed E-state index contributed by atoms with van der Waals surface area (Å²) < 4.78 is 5.51. The van der Waals surface area contributed by atoms with Crippen molar-refractivity contribution in [1.82, 2.24) is 9.97 Å². The first-order valence-electron chi connectivity index (χ1n) is 5.95. The van der Waals surface area contributed by atoms with Crippen LogP contribution in [0.25, 0.3) is 11.4 Å². The molecule has 4 heteroatoms. The minimum Gasteiger partial charge on any atom is -0.494 e. The van der Waals surface area contributed by atoms with Gasteiger partial charge < -0.3 is 10.5 Å². The van der Waals surface area contributed by atoms with E-state index in [1.807, 2.05) is 39.0 Å². The van der Waals surface area contributed by atoms with Crippen LogP contribution in [0, 0.1) is 13.8 Å². The molecule has 0 saturated carbocycles. The Morgan fingerprint density at radius 3 is 2.56 bits per heavy atom. The van der Waals surface area contributed by atoms with Gasteiger partial charge in [0.15, 0.2) is 5.82 Å². The van der Waals surface area contributed by atoms with Gasteiger partial charge in [-0.3, -0.25) is 0 Å². The zero-order valence-corrected chi connectivity index (χ0v) is 10.9. The first kappa shape index (κ1) is 12.4. The predicted octanol–water partition coefficient (Wildman–Crippen LogP) is 2.74. The third kappa shape index (κ3) is 2.59. The second-order valence-electron chi connectivity index (χ2n) is 4.17. The van der Waals surface area contributed by atoms with Crippen molar-refractivity contribution >= 4 is 5.82 Å². The van der Waals surface area contributed by atoms with E-state index in [2.05, 4.69) is 9.97 Å². The van der Waals surface area contributed by atoms with Gasteiger partial charge in [0.1, 0.15) is 11.6 Å². The van der Waals surface area contributed by atoms with Gasteiger partial charge in [0.2, 0.25) is 0 Å². The third-order valence-electron chi connectivity index (χ3n) is 2.61. The molecule has 0 aliphatic carbocycles. The summed E-state index contributed by atoms with van der Waals surface area (Å²) in [5, 5.41) is 0. The summed E-state index contributed by atoms with van der Waals surface area (Å²) in [6, 6.07) is 7.66. The smallest absolute Gasteiger partial charge is 0.161 e. The Morgan fingerprint density at radius 1 is 1.17 bits per heavy atom. The number of benzene rings is 1. The molecule has 0 aliphatic heterocycles. The van der Waals surface area contributed by atoms with Gasteiger partial charge in [-0.2, -0.15) is 0 Å². The van der Waals surface area contributed by atoms with Gasteiger partial charge in [0, 0.05) is 17.3 Å². The fourth-order valence-corrected chi connectivity index (χ4v) is 1.83. The molecule has 0 bridgehead atoms. The maximum atomic E-state index is 5.74. The van der Waals surface area contributed by atoms with Gasteiger partial charge in [0.25, 0.3) is 0 Å². The number of hydrogen-bond acceptors (Lipinski definition) is 4. The monoisotopic (exact) mass is 243 g/mol. The van der Waals surface area contributed by atoms with Crippen LogP contribution < -0.4 is 10.5 Å². The molecule has 0 spiro atoms. The van der Waals surface area contributed by atoms with Gasteiger partial charge in [-0.1, -0.05) is 0 Å². The summed E-state index contributed by atoms with van der Waals surface area (Å²) >= 11 is 0. The van der Waals surface area contributed by atoms with Crippen molar-refractivity contribution in [2.75, 3.05) is 12.3 Å². The SMILES string of the molecule is CCOc1ccc(-c2nc(C)cc(N)n2)cc1C. The fraction of sp³-hybridized carbons (Fsp3) is 0.286. The fourth-order valence-electron chi connectivity index (χ4n) is 1.83. The molecule has 2 N–H and O–H groups in total. The van der Waals surface area contributed by atoms with Crippen LogP contribution in [0.4, 0.5) is 5.82 Å². The van der Waals surface area contributed by atoms with Gasteiger partial charge in [0.05, 0.1) is 6.61 Å². The molecule has 2 aromatic rings. The molecular formula is C14H17N3O. The average molecular weight is 243 g/mol. The summed E-state index contributed by atoms with van der Waals surface area (Å²) in [7, 11) is 0. The van der Waals surface area contributed by atoms with E-state index < -0.39 is 0 Å². The molecule has 0 atom stereocenters. The van der Waals surface area contributed by atoms with E-state index in [0.29, 0.717) is 18.2 Å². The number of aryl methyl sites for hydroxylation is 2. The topological polar surface area (TPSA) is 61.0 Å². The van der Waals surface area contributed by atoms with E-state index >= 15 is 0 Å². The van der Waals surface area contributed by atoms with Crippen LogP contribution in [0.5, 0.6) is 5.75 Å². The lowest BCUT2D eigenvalue weighted by atomic mass is 10.1. The number of aromatic nitrogens is 2. The van der Waals surface area contributed by atoms with Gasteiger partial charge in [-0.15, -0.1) is 0 Å². The van der Waals surface area contributed by atoms with Crippen molar-refractivity contribution in [3.8, 4) is 17.1 Å². The number of rotatable bonds is 3. The van der Waals surface area contributed by atoms with Crippen molar-refractivity contribution in [3.05, 3.63) is 35.5 Å². The highest BCUT2D eigenvalue weighted by Gasteiger charge is 2.06. The molecule has 2 rings (SSSR count). The third-order valence-corrected chi connectivity index (χ3v) is 2.61. The number of nitrogen functional groups attached to an aromatic ring is 1. The minimum atomic E-state index is 0.490. The van der Waals surface area contributed by atoms with Crippen LogP contribution in [0.2, 0.25) is 0 Å². The van der Waals surface area contributed by atoms with E-state index in [4.69, 9.17) is 10.5 Å². The Labute approximate surface area is 107 Å². The number of nitrogens with two attached hydrogens (primary N) is 1. The van der Waals surface area contributed by atoms with Crippen molar-refractivity contribution in [2.24, 2.45) is 0 Å². The van der Waals surface area contributed by atoms with Crippen molar-refractivity contribution in [2.45, 2.75) is 20.8 Å². The van der Waals surface area contributed by atoms with Crippen LogP contribution in [0.3, 0.4) is 0 Å². The van der Waals surface area contributed by atoms with Crippen LogP contribution in [-0.4, -0.2) is 16.6 Å². The second kappa shape index (κ2) is 5.04. The number of anilines is 1. The molecule has 1 aromatic heterocycles. The molecule has 18 heavy (non-hydrogen) atoms. The molecule has 94 valence electrons. The van der Waals surface area contributed by atoms with Crippen LogP contribution in [0.1, 0.15) is 18.2 Å². The zero-order valence-electron chi connectivity index (χ0n) is 10.9. The van der Waals surface area contributed by atoms with Crippen molar-refractivity contribution in [3.63, 3.8) is 0 Å². The average Bonchev–Trinajstić information content (AvgIpc) is 2.30. The largest absolute Gasteiger partial charge is 0.494 e. The Morgan fingerprint density at radius 2 is 1.94 bits per heavy atom. The molecule has 0 radical (unpaired) electrons. The maximum Gasteiger partial charge on any atom is 0.161 e. The Kier molecular flexibility index (Phi) is 3.46. The van der Waals surface area contributed by atoms with Gasteiger partial charge in [-0.05, 0) is 44.5 Å². The number of hydrogen-bond donors (Lipinski definition) is 1. The van der Waals surface area contributed by atoms with E-state index in [-0.39, 0.29) is 0 Å². The van der Waals surface area contributed by atoms with Crippen LogP contribution in [-0.2, 0) is 0 Å². The lowest BCUT2D eigenvalue weighted by Gasteiger charge is -2.09. The summed E-state index contributed by atoms with van der Waals surface area (Å²) in [5.74, 6) is 2.03. The van der Waals surface area contributed by atoms with Crippen LogP contribution in [0.15, 0.2) is 24.3 Å². The van der Waals surface area contributed by atoms with Gasteiger partial charge >= 0.3 is 0 Å². The molecule has 0 amide bonds. The van der Waals surface area contributed by atoms with Crippen molar-refractivity contribution < 1.29 is 4.74 Å². The van der Waals surface area contributed by atoms with E-state index in [1.165, 1.54) is 0 Å². The molecule has 0 unspecified atom stereocenters. The number of ether oxygens (including phenoxy) is 1. The quantitative estimate of drug-likeness (QED) is 0.900. The van der Waals surface area contributed by atoms with E-state index in [0.717, 1.165) is 22.6 Å². The van der Waals surface area contributed by atoms with Crippen molar-refractivity contribution in [1.29, 1.82) is 0 Å².